The zero-order chi connectivity index (χ0) is 18.2. The molecular formula is C20H19N3O2S. The van der Waals surface area contributed by atoms with E-state index < -0.39 is 0 Å². The summed E-state index contributed by atoms with van der Waals surface area (Å²) < 4.78 is 5.85. The summed E-state index contributed by atoms with van der Waals surface area (Å²) in [6.07, 6.45) is 4.09. The van der Waals surface area contributed by atoms with E-state index in [9.17, 15) is 4.79 Å². The Morgan fingerprint density at radius 1 is 1.04 bits per heavy atom. The van der Waals surface area contributed by atoms with Crippen molar-refractivity contribution in [2.75, 3.05) is 6.54 Å². The smallest absolute Gasteiger partial charge is 0.252 e. The van der Waals surface area contributed by atoms with E-state index in [4.69, 9.17) is 4.74 Å². The van der Waals surface area contributed by atoms with Gasteiger partial charge in [-0.3, -0.25) is 4.79 Å². The van der Waals surface area contributed by atoms with E-state index in [0.29, 0.717) is 28.8 Å². The Morgan fingerprint density at radius 2 is 1.77 bits per heavy atom. The molecule has 6 heteroatoms. The number of hydrogen-bond acceptors (Lipinski definition) is 5. The van der Waals surface area contributed by atoms with Crippen LogP contribution >= 0.6 is 11.8 Å². The maximum absolute atomic E-state index is 12.4. The molecule has 0 saturated heterocycles. The molecule has 26 heavy (non-hydrogen) atoms. The molecule has 0 aliphatic heterocycles. The highest BCUT2D eigenvalue weighted by atomic mass is 32.2. The van der Waals surface area contributed by atoms with Gasteiger partial charge in [0.05, 0.1) is 5.56 Å². The fraction of sp³-hybridized carbons (Fsp3) is 0.150. The lowest BCUT2D eigenvalue weighted by Gasteiger charge is -2.11. The van der Waals surface area contributed by atoms with Gasteiger partial charge in [0.25, 0.3) is 11.8 Å². The van der Waals surface area contributed by atoms with Gasteiger partial charge in [0.2, 0.25) is 0 Å². The van der Waals surface area contributed by atoms with Gasteiger partial charge in [-0.25, -0.2) is 9.97 Å². The van der Waals surface area contributed by atoms with Gasteiger partial charge >= 0.3 is 0 Å². The molecule has 1 aromatic heterocycles. The van der Waals surface area contributed by atoms with Crippen LogP contribution < -0.4 is 10.1 Å². The molecule has 1 heterocycles. The number of nitrogens with zero attached hydrogens (tertiary/aromatic N) is 2. The van der Waals surface area contributed by atoms with Gasteiger partial charge in [0.1, 0.15) is 5.75 Å². The van der Waals surface area contributed by atoms with Gasteiger partial charge in [-0.05, 0) is 30.7 Å². The summed E-state index contributed by atoms with van der Waals surface area (Å²) in [6, 6.07) is 16.9. The summed E-state index contributed by atoms with van der Waals surface area (Å²) in [5, 5.41) is 3.51. The average Bonchev–Trinajstić information content (AvgIpc) is 2.69. The highest BCUT2D eigenvalue weighted by Gasteiger charge is 2.15. The van der Waals surface area contributed by atoms with Gasteiger partial charge in [0, 0.05) is 23.8 Å². The normalized spacial score (nSPS) is 10.3. The van der Waals surface area contributed by atoms with Crippen LogP contribution in [0, 0.1) is 0 Å². The Labute approximate surface area is 156 Å². The van der Waals surface area contributed by atoms with Gasteiger partial charge in [-0.1, -0.05) is 49.0 Å². The van der Waals surface area contributed by atoms with E-state index in [-0.39, 0.29) is 5.91 Å². The van der Waals surface area contributed by atoms with Gasteiger partial charge in [-0.2, -0.15) is 0 Å². The zero-order valence-corrected chi connectivity index (χ0v) is 15.2. The number of benzene rings is 2. The molecule has 0 unspecified atom stereocenters. The van der Waals surface area contributed by atoms with Crippen molar-refractivity contribution < 1.29 is 9.53 Å². The number of hydrogen-bond donors (Lipinski definition) is 1. The highest BCUT2D eigenvalue weighted by molar-refractivity contribution is 7.99. The minimum atomic E-state index is -0.0932. The predicted molar refractivity (Wildman–Crippen MR) is 102 cm³/mol. The first kappa shape index (κ1) is 17.9. The van der Waals surface area contributed by atoms with Gasteiger partial charge in [0.15, 0.2) is 5.03 Å². The number of aromatic nitrogens is 2. The van der Waals surface area contributed by atoms with Crippen molar-refractivity contribution in [1.82, 2.24) is 15.3 Å². The Bertz CT molecular complexity index is 872. The van der Waals surface area contributed by atoms with Crippen LogP contribution in [0.5, 0.6) is 11.6 Å². The summed E-state index contributed by atoms with van der Waals surface area (Å²) in [5.74, 6) is 1.00. The van der Waals surface area contributed by atoms with E-state index in [1.165, 1.54) is 11.8 Å². The van der Waals surface area contributed by atoms with Crippen molar-refractivity contribution >= 4 is 17.7 Å². The van der Waals surface area contributed by atoms with Crippen LogP contribution in [0.4, 0.5) is 0 Å². The van der Waals surface area contributed by atoms with E-state index in [1.807, 2.05) is 55.5 Å². The van der Waals surface area contributed by atoms with Gasteiger partial charge < -0.3 is 10.1 Å². The first-order valence-electron chi connectivity index (χ1n) is 8.37. The number of amides is 1. The predicted octanol–water partition coefficient (Wildman–Crippen LogP) is 4.56. The van der Waals surface area contributed by atoms with Crippen molar-refractivity contribution in [3.8, 4) is 11.6 Å². The van der Waals surface area contributed by atoms with Gasteiger partial charge in [-0.15, -0.1) is 0 Å². The second-order valence-electron chi connectivity index (χ2n) is 5.44. The van der Waals surface area contributed by atoms with E-state index in [1.54, 1.807) is 18.5 Å². The summed E-state index contributed by atoms with van der Waals surface area (Å²) >= 11 is 1.36. The van der Waals surface area contributed by atoms with Crippen molar-refractivity contribution in [3.63, 3.8) is 0 Å². The molecule has 1 amide bonds. The largest absolute Gasteiger partial charge is 0.437 e. The first-order chi connectivity index (χ1) is 12.8. The Hall–Kier alpha value is -2.86. The Balaban J connectivity index is 1.85. The van der Waals surface area contributed by atoms with Crippen LogP contribution in [0.3, 0.4) is 0 Å². The average molecular weight is 365 g/mol. The Kier molecular flexibility index (Phi) is 6.22. The van der Waals surface area contributed by atoms with Crippen LogP contribution in [-0.4, -0.2) is 22.4 Å². The molecule has 0 fully saturated rings. The van der Waals surface area contributed by atoms with Crippen molar-refractivity contribution in [2.45, 2.75) is 23.3 Å². The second kappa shape index (κ2) is 9.01. The topological polar surface area (TPSA) is 64.1 Å². The third-order valence-electron chi connectivity index (χ3n) is 3.46. The lowest BCUT2D eigenvalue weighted by molar-refractivity contribution is 0.0950. The molecule has 0 saturated carbocycles. The minimum absolute atomic E-state index is 0.0932. The summed E-state index contributed by atoms with van der Waals surface area (Å²) in [6.45, 7) is 2.67. The first-order valence-corrected chi connectivity index (χ1v) is 9.18. The standard InChI is InChI=1S/C20H19N3O2S/c1-2-12-21-18(24)16-10-6-7-11-17(16)26-20-19(22-13-14-23-20)25-15-8-4-3-5-9-15/h3-11,13-14H,2,12H2,1H3,(H,21,24). The number of ether oxygens (including phenoxy) is 1. The number of rotatable bonds is 7. The molecule has 0 aliphatic rings. The fourth-order valence-electron chi connectivity index (χ4n) is 2.23. The highest BCUT2D eigenvalue weighted by Crippen LogP contribution is 2.35. The zero-order valence-electron chi connectivity index (χ0n) is 14.4. The number of para-hydroxylation sites is 1. The summed E-state index contributed by atoms with van der Waals surface area (Å²) in [5.41, 5.74) is 0.613. The lowest BCUT2D eigenvalue weighted by atomic mass is 10.2. The molecule has 0 bridgehead atoms. The SMILES string of the molecule is CCCNC(=O)c1ccccc1Sc1nccnc1Oc1ccccc1. The van der Waals surface area contributed by atoms with Crippen LogP contribution in [0.1, 0.15) is 23.7 Å². The molecule has 5 nitrogen and oxygen atoms in total. The van der Waals surface area contributed by atoms with E-state index in [2.05, 4.69) is 15.3 Å². The Morgan fingerprint density at radius 3 is 2.58 bits per heavy atom. The molecule has 3 rings (SSSR count). The molecule has 0 aliphatic carbocycles. The van der Waals surface area contributed by atoms with Crippen molar-refractivity contribution in [1.29, 1.82) is 0 Å². The fourth-order valence-corrected chi connectivity index (χ4v) is 3.15. The number of carbonyl (C=O) groups is 1. The molecule has 2 aromatic carbocycles. The minimum Gasteiger partial charge on any atom is -0.437 e. The van der Waals surface area contributed by atoms with Crippen molar-refractivity contribution in [2.24, 2.45) is 0 Å². The van der Waals surface area contributed by atoms with E-state index in [0.717, 1.165) is 11.3 Å². The summed E-state index contributed by atoms with van der Waals surface area (Å²) in [7, 11) is 0. The van der Waals surface area contributed by atoms with E-state index >= 15 is 0 Å². The molecule has 132 valence electrons. The number of nitrogens with one attached hydrogen (secondary N) is 1. The molecule has 1 N–H and O–H groups in total. The maximum Gasteiger partial charge on any atom is 0.252 e. The van der Waals surface area contributed by atoms with Crippen LogP contribution in [-0.2, 0) is 0 Å². The lowest BCUT2D eigenvalue weighted by Crippen LogP contribution is -2.24. The summed E-state index contributed by atoms with van der Waals surface area (Å²) in [4.78, 5) is 21.9. The third-order valence-corrected chi connectivity index (χ3v) is 4.51. The van der Waals surface area contributed by atoms with Crippen LogP contribution in [0.25, 0.3) is 0 Å². The third kappa shape index (κ3) is 4.61. The molecule has 0 radical (unpaired) electrons. The molecular weight excluding hydrogens is 346 g/mol. The quantitative estimate of drug-likeness (QED) is 0.665. The van der Waals surface area contributed by atoms with Crippen molar-refractivity contribution in [3.05, 3.63) is 72.6 Å². The monoisotopic (exact) mass is 365 g/mol. The molecule has 0 atom stereocenters. The molecule has 0 spiro atoms. The molecule has 3 aromatic rings. The van der Waals surface area contributed by atoms with Crippen LogP contribution in [0.2, 0.25) is 0 Å². The van der Waals surface area contributed by atoms with Crippen LogP contribution in [0.15, 0.2) is 76.9 Å². The maximum atomic E-state index is 12.4. The second-order valence-corrected chi connectivity index (χ2v) is 6.47. The number of carbonyl (C=O) groups excluding carboxylic acids is 1.